The molecule has 1 heterocycles. The minimum absolute atomic E-state index is 0.208. The molecular weight excluding hydrogens is 200 g/mol. The second-order valence-electron chi connectivity index (χ2n) is 4.35. The summed E-state index contributed by atoms with van der Waals surface area (Å²) in [4.78, 5) is 13.7. The van der Waals surface area contributed by atoms with E-state index in [1.165, 1.54) is 0 Å². The molecule has 0 spiro atoms. The molecule has 0 bridgehead atoms. The summed E-state index contributed by atoms with van der Waals surface area (Å²) in [5, 5.41) is 3.29. The van der Waals surface area contributed by atoms with E-state index in [9.17, 15) is 4.79 Å². The van der Waals surface area contributed by atoms with Crippen molar-refractivity contribution >= 4 is 11.6 Å². The molecule has 1 fully saturated rings. The van der Waals surface area contributed by atoms with E-state index in [-0.39, 0.29) is 5.91 Å². The summed E-state index contributed by atoms with van der Waals surface area (Å²) < 4.78 is 0. The van der Waals surface area contributed by atoms with Crippen molar-refractivity contribution in [2.24, 2.45) is 5.92 Å². The molecule has 1 aromatic carbocycles. The van der Waals surface area contributed by atoms with Crippen molar-refractivity contribution in [1.82, 2.24) is 5.32 Å². The Hall–Kier alpha value is -1.35. The molecule has 1 N–H and O–H groups in total. The molecule has 1 atom stereocenters. The fraction of sp³-hybridized carbons (Fsp3) is 0.462. The Bertz CT molecular complexity index is 344. The van der Waals surface area contributed by atoms with Gasteiger partial charge in [-0.2, -0.15) is 0 Å². The number of amides is 1. The van der Waals surface area contributed by atoms with Gasteiger partial charge in [-0.3, -0.25) is 4.79 Å². The molecule has 2 rings (SSSR count). The van der Waals surface area contributed by atoms with Gasteiger partial charge in [0.25, 0.3) is 0 Å². The molecular formula is C13H18N2O. The Morgan fingerprint density at radius 3 is 2.81 bits per heavy atom. The van der Waals surface area contributed by atoms with E-state index >= 15 is 0 Å². The molecule has 1 saturated heterocycles. The van der Waals surface area contributed by atoms with Gasteiger partial charge in [-0.1, -0.05) is 18.2 Å². The van der Waals surface area contributed by atoms with Crippen molar-refractivity contribution in [3.8, 4) is 0 Å². The first kappa shape index (κ1) is 11.1. The van der Waals surface area contributed by atoms with E-state index in [0.29, 0.717) is 12.3 Å². The summed E-state index contributed by atoms with van der Waals surface area (Å²) in [6.07, 6.45) is 1.77. The van der Waals surface area contributed by atoms with Gasteiger partial charge in [0.15, 0.2) is 0 Å². The molecule has 1 amide bonds. The summed E-state index contributed by atoms with van der Waals surface area (Å²) in [5.41, 5.74) is 0.971. The Morgan fingerprint density at radius 1 is 1.44 bits per heavy atom. The number of nitrogens with zero attached hydrogens (tertiary/aromatic N) is 1. The van der Waals surface area contributed by atoms with Gasteiger partial charge in [-0.05, 0) is 37.6 Å². The Balaban J connectivity index is 1.94. The molecule has 3 nitrogen and oxygen atoms in total. The summed E-state index contributed by atoms with van der Waals surface area (Å²) >= 11 is 0. The Labute approximate surface area is 96.5 Å². The largest absolute Gasteiger partial charge is 0.316 e. The van der Waals surface area contributed by atoms with Gasteiger partial charge in [0.1, 0.15) is 0 Å². The van der Waals surface area contributed by atoms with Crippen LogP contribution in [0.1, 0.15) is 12.8 Å². The number of hydrogen-bond donors (Lipinski definition) is 1. The van der Waals surface area contributed by atoms with Crippen LogP contribution in [0, 0.1) is 5.92 Å². The normalized spacial score (nSPS) is 19.7. The van der Waals surface area contributed by atoms with Gasteiger partial charge in [0.05, 0.1) is 0 Å². The maximum atomic E-state index is 12.0. The first-order chi connectivity index (χ1) is 7.77. The minimum Gasteiger partial charge on any atom is -0.316 e. The van der Waals surface area contributed by atoms with Crippen molar-refractivity contribution in [3.05, 3.63) is 30.3 Å². The molecule has 86 valence electrons. The van der Waals surface area contributed by atoms with Gasteiger partial charge in [0, 0.05) is 19.2 Å². The average molecular weight is 218 g/mol. The zero-order valence-electron chi connectivity index (χ0n) is 9.65. The van der Waals surface area contributed by atoms with Crippen LogP contribution in [-0.4, -0.2) is 26.0 Å². The lowest BCUT2D eigenvalue weighted by molar-refractivity contribution is -0.119. The second-order valence-corrected chi connectivity index (χ2v) is 4.35. The Kier molecular flexibility index (Phi) is 3.57. The van der Waals surface area contributed by atoms with E-state index in [2.05, 4.69) is 5.32 Å². The molecule has 1 unspecified atom stereocenters. The van der Waals surface area contributed by atoms with E-state index in [0.717, 1.165) is 25.2 Å². The SMILES string of the molecule is CN(C(=O)CC1CCNC1)c1ccccc1. The smallest absolute Gasteiger partial charge is 0.227 e. The summed E-state index contributed by atoms with van der Waals surface area (Å²) in [6.45, 7) is 2.03. The van der Waals surface area contributed by atoms with E-state index in [1.807, 2.05) is 37.4 Å². The second kappa shape index (κ2) is 5.12. The highest BCUT2D eigenvalue weighted by Gasteiger charge is 2.20. The van der Waals surface area contributed by atoms with Crippen LogP contribution in [0.3, 0.4) is 0 Å². The molecule has 0 aromatic heterocycles. The number of carbonyl (C=O) groups is 1. The van der Waals surface area contributed by atoms with Gasteiger partial charge in [-0.25, -0.2) is 0 Å². The third-order valence-corrected chi connectivity index (χ3v) is 3.14. The number of para-hydroxylation sites is 1. The molecule has 1 aliphatic rings. The average Bonchev–Trinajstić information content (AvgIpc) is 2.82. The third-order valence-electron chi connectivity index (χ3n) is 3.14. The number of hydrogen-bond acceptors (Lipinski definition) is 2. The van der Waals surface area contributed by atoms with Crippen LogP contribution >= 0.6 is 0 Å². The van der Waals surface area contributed by atoms with Gasteiger partial charge in [-0.15, -0.1) is 0 Å². The summed E-state index contributed by atoms with van der Waals surface area (Å²) in [6, 6.07) is 9.80. The van der Waals surface area contributed by atoms with Gasteiger partial charge < -0.3 is 10.2 Å². The first-order valence-corrected chi connectivity index (χ1v) is 5.79. The molecule has 3 heteroatoms. The van der Waals surface area contributed by atoms with Crippen molar-refractivity contribution in [2.45, 2.75) is 12.8 Å². The fourth-order valence-corrected chi connectivity index (χ4v) is 2.07. The van der Waals surface area contributed by atoms with Crippen LogP contribution in [0.4, 0.5) is 5.69 Å². The maximum Gasteiger partial charge on any atom is 0.227 e. The molecule has 0 radical (unpaired) electrons. The highest BCUT2D eigenvalue weighted by molar-refractivity contribution is 5.92. The maximum absolute atomic E-state index is 12.0. The van der Waals surface area contributed by atoms with Crippen LogP contribution in [0.5, 0.6) is 0 Å². The number of anilines is 1. The highest BCUT2D eigenvalue weighted by Crippen LogP contribution is 2.17. The predicted molar refractivity (Wildman–Crippen MR) is 65.4 cm³/mol. The quantitative estimate of drug-likeness (QED) is 0.836. The van der Waals surface area contributed by atoms with Crippen LogP contribution < -0.4 is 10.2 Å². The van der Waals surface area contributed by atoms with Crippen molar-refractivity contribution in [3.63, 3.8) is 0 Å². The first-order valence-electron chi connectivity index (χ1n) is 5.79. The van der Waals surface area contributed by atoms with Gasteiger partial charge in [0.2, 0.25) is 5.91 Å². The lowest BCUT2D eigenvalue weighted by Crippen LogP contribution is -2.28. The number of benzene rings is 1. The van der Waals surface area contributed by atoms with Crippen molar-refractivity contribution < 1.29 is 4.79 Å². The number of rotatable bonds is 3. The zero-order chi connectivity index (χ0) is 11.4. The predicted octanol–water partition coefficient (Wildman–Crippen LogP) is 1.65. The highest BCUT2D eigenvalue weighted by atomic mass is 16.2. The number of nitrogens with one attached hydrogen (secondary N) is 1. The molecule has 1 aromatic rings. The summed E-state index contributed by atoms with van der Waals surface area (Å²) in [7, 11) is 1.85. The van der Waals surface area contributed by atoms with Crippen LogP contribution in [0.2, 0.25) is 0 Å². The molecule has 1 aliphatic heterocycles. The van der Waals surface area contributed by atoms with Crippen LogP contribution in [0.15, 0.2) is 30.3 Å². The minimum atomic E-state index is 0.208. The lowest BCUT2D eigenvalue weighted by Gasteiger charge is -2.19. The molecule has 0 saturated carbocycles. The topological polar surface area (TPSA) is 32.3 Å². The monoisotopic (exact) mass is 218 g/mol. The zero-order valence-corrected chi connectivity index (χ0v) is 9.65. The van der Waals surface area contributed by atoms with Crippen molar-refractivity contribution in [2.75, 3.05) is 25.0 Å². The van der Waals surface area contributed by atoms with Crippen LogP contribution in [-0.2, 0) is 4.79 Å². The standard InChI is InChI=1S/C13H18N2O/c1-15(12-5-3-2-4-6-12)13(16)9-11-7-8-14-10-11/h2-6,11,14H,7-10H2,1H3. The molecule has 0 aliphatic carbocycles. The lowest BCUT2D eigenvalue weighted by atomic mass is 10.0. The third kappa shape index (κ3) is 2.61. The van der Waals surface area contributed by atoms with Crippen molar-refractivity contribution in [1.29, 1.82) is 0 Å². The van der Waals surface area contributed by atoms with E-state index < -0.39 is 0 Å². The van der Waals surface area contributed by atoms with Gasteiger partial charge >= 0.3 is 0 Å². The number of carbonyl (C=O) groups excluding carboxylic acids is 1. The van der Waals surface area contributed by atoms with E-state index in [4.69, 9.17) is 0 Å². The van der Waals surface area contributed by atoms with Crippen LogP contribution in [0.25, 0.3) is 0 Å². The van der Waals surface area contributed by atoms with E-state index in [1.54, 1.807) is 4.90 Å². The molecule has 16 heavy (non-hydrogen) atoms. The Morgan fingerprint density at radius 2 is 2.19 bits per heavy atom. The summed E-state index contributed by atoms with van der Waals surface area (Å²) in [5.74, 6) is 0.721. The fourth-order valence-electron chi connectivity index (χ4n) is 2.07.